The standard InChI is InChI=1S/C10H15NO3/c1-2-3-10(12)11(4-8-6-13-8)5-9-7-14-9/h2-3,8-9H,4-7H2,1H3. The maximum Gasteiger partial charge on any atom is 0.246 e. The summed E-state index contributed by atoms with van der Waals surface area (Å²) in [5, 5.41) is 0. The molecule has 2 aliphatic heterocycles. The number of nitrogens with zero attached hydrogens (tertiary/aromatic N) is 1. The van der Waals surface area contributed by atoms with Crippen LogP contribution in [0.3, 0.4) is 0 Å². The van der Waals surface area contributed by atoms with Crippen molar-refractivity contribution in [3.8, 4) is 0 Å². The van der Waals surface area contributed by atoms with Crippen LogP contribution >= 0.6 is 0 Å². The van der Waals surface area contributed by atoms with E-state index in [1.165, 1.54) is 0 Å². The summed E-state index contributed by atoms with van der Waals surface area (Å²) in [6.45, 7) is 4.81. The van der Waals surface area contributed by atoms with E-state index in [-0.39, 0.29) is 18.1 Å². The lowest BCUT2D eigenvalue weighted by Gasteiger charge is -2.18. The number of allylic oxidation sites excluding steroid dienone is 1. The van der Waals surface area contributed by atoms with Crippen LogP contribution in [-0.4, -0.2) is 49.3 Å². The first-order chi connectivity index (χ1) is 6.79. The van der Waals surface area contributed by atoms with Crippen molar-refractivity contribution < 1.29 is 14.3 Å². The van der Waals surface area contributed by atoms with E-state index >= 15 is 0 Å². The normalized spacial score (nSPS) is 29.2. The van der Waals surface area contributed by atoms with E-state index in [1.54, 1.807) is 17.1 Å². The summed E-state index contributed by atoms with van der Waals surface area (Å²) < 4.78 is 10.2. The summed E-state index contributed by atoms with van der Waals surface area (Å²) in [5.74, 6) is 0.0542. The molecule has 0 N–H and O–H groups in total. The summed E-state index contributed by atoms with van der Waals surface area (Å²) in [6.07, 6.45) is 3.85. The van der Waals surface area contributed by atoms with Gasteiger partial charge in [-0.25, -0.2) is 0 Å². The second-order valence-electron chi connectivity index (χ2n) is 3.65. The highest BCUT2D eigenvalue weighted by Crippen LogP contribution is 2.15. The molecule has 78 valence electrons. The van der Waals surface area contributed by atoms with Crippen LogP contribution < -0.4 is 0 Å². The summed E-state index contributed by atoms with van der Waals surface area (Å²) in [5.41, 5.74) is 0. The van der Waals surface area contributed by atoms with Gasteiger partial charge in [0.2, 0.25) is 5.91 Å². The smallest absolute Gasteiger partial charge is 0.246 e. The van der Waals surface area contributed by atoms with Crippen molar-refractivity contribution in [1.29, 1.82) is 0 Å². The van der Waals surface area contributed by atoms with Gasteiger partial charge < -0.3 is 14.4 Å². The van der Waals surface area contributed by atoms with E-state index in [4.69, 9.17) is 9.47 Å². The van der Waals surface area contributed by atoms with Crippen molar-refractivity contribution in [3.63, 3.8) is 0 Å². The molecule has 2 fully saturated rings. The molecular weight excluding hydrogens is 182 g/mol. The zero-order valence-corrected chi connectivity index (χ0v) is 8.31. The number of amides is 1. The molecule has 2 heterocycles. The SMILES string of the molecule is CC=CC(=O)N(CC1CO1)CC1CO1. The molecule has 0 aromatic rings. The van der Waals surface area contributed by atoms with Gasteiger partial charge in [-0.05, 0) is 13.0 Å². The molecule has 2 atom stereocenters. The predicted octanol–water partition coefficient (Wildman–Crippen LogP) is 0.189. The van der Waals surface area contributed by atoms with E-state index in [0.717, 1.165) is 13.2 Å². The minimum atomic E-state index is 0.0542. The molecule has 2 unspecified atom stereocenters. The Hall–Kier alpha value is -0.870. The first-order valence-corrected chi connectivity index (χ1v) is 4.94. The first kappa shape index (κ1) is 9.68. The molecule has 0 saturated carbocycles. The monoisotopic (exact) mass is 197 g/mol. The summed E-state index contributed by atoms with van der Waals surface area (Å²) in [7, 11) is 0. The maximum atomic E-state index is 11.6. The van der Waals surface area contributed by atoms with Crippen molar-refractivity contribution >= 4 is 5.91 Å². The fourth-order valence-electron chi connectivity index (χ4n) is 1.34. The fraction of sp³-hybridized carbons (Fsp3) is 0.700. The Morgan fingerprint density at radius 3 is 2.21 bits per heavy atom. The molecule has 0 aromatic carbocycles. The predicted molar refractivity (Wildman–Crippen MR) is 50.9 cm³/mol. The lowest BCUT2D eigenvalue weighted by molar-refractivity contribution is -0.126. The molecule has 2 rings (SSSR count). The summed E-state index contributed by atoms with van der Waals surface area (Å²) in [4.78, 5) is 13.4. The van der Waals surface area contributed by atoms with Gasteiger partial charge in [-0.2, -0.15) is 0 Å². The Labute approximate surface area is 83.5 Å². The zero-order valence-electron chi connectivity index (χ0n) is 8.31. The molecule has 0 bridgehead atoms. The van der Waals surface area contributed by atoms with E-state index in [9.17, 15) is 4.79 Å². The van der Waals surface area contributed by atoms with Crippen LogP contribution in [0.5, 0.6) is 0 Å². The van der Waals surface area contributed by atoms with Crippen LogP contribution in [0, 0.1) is 0 Å². The second kappa shape index (κ2) is 4.11. The summed E-state index contributed by atoms with van der Waals surface area (Å²) in [6, 6.07) is 0. The molecule has 2 aliphatic rings. The van der Waals surface area contributed by atoms with Crippen LogP contribution in [0.15, 0.2) is 12.2 Å². The van der Waals surface area contributed by atoms with Crippen LogP contribution in [0.25, 0.3) is 0 Å². The van der Waals surface area contributed by atoms with Gasteiger partial charge in [0.05, 0.1) is 25.4 Å². The molecule has 0 aliphatic carbocycles. The van der Waals surface area contributed by atoms with Gasteiger partial charge in [-0.15, -0.1) is 0 Å². The molecule has 0 radical (unpaired) electrons. The van der Waals surface area contributed by atoms with Crippen LogP contribution in [-0.2, 0) is 14.3 Å². The first-order valence-electron chi connectivity index (χ1n) is 4.94. The van der Waals surface area contributed by atoms with Gasteiger partial charge in [0, 0.05) is 13.1 Å². The third kappa shape index (κ3) is 2.82. The Morgan fingerprint density at radius 1 is 1.36 bits per heavy atom. The van der Waals surface area contributed by atoms with Crippen molar-refractivity contribution in [3.05, 3.63) is 12.2 Å². The molecular formula is C10H15NO3. The summed E-state index contributed by atoms with van der Waals surface area (Å²) >= 11 is 0. The highest BCUT2D eigenvalue weighted by Gasteiger charge is 2.32. The molecule has 4 heteroatoms. The topological polar surface area (TPSA) is 45.4 Å². The Kier molecular flexibility index (Phi) is 2.84. The largest absolute Gasteiger partial charge is 0.371 e. The fourth-order valence-corrected chi connectivity index (χ4v) is 1.34. The van der Waals surface area contributed by atoms with Gasteiger partial charge in [0.1, 0.15) is 0 Å². The molecule has 0 spiro atoms. The highest BCUT2D eigenvalue weighted by molar-refractivity contribution is 5.87. The van der Waals surface area contributed by atoms with Gasteiger partial charge >= 0.3 is 0 Å². The molecule has 14 heavy (non-hydrogen) atoms. The van der Waals surface area contributed by atoms with Crippen LogP contribution in [0.2, 0.25) is 0 Å². The average Bonchev–Trinajstić information content (AvgIpc) is 2.97. The average molecular weight is 197 g/mol. The lowest BCUT2D eigenvalue weighted by Crippen LogP contribution is -2.36. The quantitative estimate of drug-likeness (QED) is 0.467. The van der Waals surface area contributed by atoms with Gasteiger partial charge in [0.15, 0.2) is 0 Å². The minimum Gasteiger partial charge on any atom is -0.371 e. The van der Waals surface area contributed by atoms with Crippen LogP contribution in [0.4, 0.5) is 0 Å². The number of carbonyl (C=O) groups is 1. The highest BCUT2D eigenvalue weighted by atomic mass is 16.6. The molecule has 4 nitrogen and oxygen atoms in total. The van der Waals surface area contributed by atoms with E-state index in [0.29, 0.717) is 13.1 Å². The molecule has 1 amide bonds. The number of carbonyl (C=O) groups excluding carboxylic acids is 1. The third-order valence-corrected chi connectivity index (χ3v) is 2.27. The number of epoxide rings is 2. The van der Waals surface area contributed by atoms with Crippen molar-refractivity contribution in [2.45, 2.75) is 19.1 Å². The minimum absolute atomic E-state index is 0.0542. The molecule has 2 saturated heterocycles. The number of hydrogen-bond donors (Lipinski definition) is 0. The van der Waals surface area contributed by atoms with E-state index in [2.05, 4.69) is 0 Å². The lowest BCUT2D eigenvalue weighted by atomic mass is 10.3. The second-order valence-corrected chi connectivity index (χ2v) is 3.65. The van der Waals surface area contributed by atoms with E-state index < -0.39 is 0 Å². The van der Waals surface area contributed by atoms with Crippen molar-refractivity contribution in [2.24, 2.45) is 0 Å². The molecule has 0 aromatic heterocycles. The van der Waals surface area contributed by atoms with Gasteiger partial charge in [0.25, 0.3) is 0 Å². The van der Waals surface area contributed by atoms with Crippen molar-refractivity contribution in [2.75, 3.05) is 26.3 Å². The van der Waals surface area contributed by atoms with Gasteiger partial charge in [-0.1, -0.05) is 6.08 Å². The van der Waals surface area contributed by atoms with Gasteiger partial charge in [-0.3, -0.25) is 4.79 Å². The zero-order chi connectivity index (χ0) is 9.97. The maximum absolute atomic E-state index is 11.6. The van der Waals surface area contributed by atoms with E-state index in [1.807, 2.05) is 6.92 Å². The number of hydrogen-bond acceptors (Lipinski definition) is 3. The third-order valence-electron chi connectivity index (χ3n) is 2.27. The van der Waals surface area contributed by atoms with Crippen LogP contribution in [0.1, 0.15) is 6.92 Å². The Bertz CT molecular complexity index is 230. The van der Waals surface area contributed by atoms with Crippen molar-refractivity contribution in [1.82, 2.24) is 4.90 Å². The Morgan fingerprint density at radius 2 is 1.86 bits per heavy atom. The number of ether oxygens (including phenoxy) is 2. The number of rotatable bonds is 5. The Balaban J connectivity index is 1.84.